The van der Waals surface area contributed by atoms with E-state index in [2.05, 4.69) is 143 Å². The minimum atomic E-state index is 1.07. The van der Waals surface area contributed by atoms with Gasteiger partial charge in [-0.15, -0.1) is 0 Å². The molecule has 0 radical (unpaired) electrons. The van der Waals surface area contributed by atoms with Crippen molar-refractivity contribution in [2.45, 2.75) is 13.8 Å². The summed E-state index contributed by atoms with van der Waals surface area (Å²) >= 11 is 1.69. The third-order valence-corrected chi connectivity index (χ3v) is 8.00. The van der Waals surface area contributed by atoms with E-state index >= 15 is 0 Å². The van der Waals surface area contributed by atoms with Gasteiger partial charge < -0.3 is 5.32 Å². The van der Waals surface area contributed by atoms with E-state index in [1.807, 2.05) is 24.3 Å². The molecule has 3 nitrogen and oxygen atoms in total. The number of hydrogen-bond acceptors (Lipinski definition) is 2. The van der Waals surface area contributed by atoms with Crippen molar-refractivity contribution in [1.29, 1.82) is 0 Å². The van der Waals surface area contributed by atoms with Gasteiger partial charge >= 0.3 is 0 Å². The highest BCUT2D eigenvalue weighted by molar-refractivity contribution is 7.96. The van der Waals surface area contributed by atoms with E-state index in [4.69, 9.17) is 0 Å². The van der Waals surface area contributed by atoms with Crippen LogP contribution in [0.1, 0.15) is 23.6 Å². The van der Waals surface area contributed by atoms with Gasteiger partial charge in [0.15, 0.2) is 0 Å². The average Bonchev–Trinajstić information content (AvgIpc) is 3.54. The zero-order valence-electron chi connectivity index (χ0n) is 22.7. The van der Waals surface area contributed by atoms with Gasteiger partial charge in [-0.1, -0.05) is 85.5 Å². The highest BCUT2D eigenvalue weighted by Gasteiger charge is 2.14. The molecule has 0 bridgehead atoms. The number of aromatic nitrogens is 2. The van der Waals surface area contributed by atoms with Gasteiger partial charge in [0.2, 0.25) is 0 Å². The predicted molar refractivity (Wildman–Crippen MR) is 175 cm³/mol. The number of nitrogens with zero attached hydrogens (tertiary/aromatic N) is 2. The second-order valence-electron chi connectivity index (χ2n) is 9.90. The van der Waals surface area contributed by atoms with E-state index in [0.717, 1.165) is 28.1 Å². The van der Waals surface area contributed by atoms with Crippen LogP contribution in [-0.4, -0.2) is 7.94 Å². The number of benzene rings is 4. The van der Waals surface area contributed by atoms with Crippen LogP contribution in [0, 0.1) is 6.92 Å². The first-order valence-electron chi connectivity index (χ1n) is 13.4. The number of nitrogens with one attached hydrogen (secondary N) is 1. The fourth-order valence-electron chi connectivity index (χ4n) is 5.11. The molecule has 0 unspecified atom stereocenters. The largest absolute Gasteiger partial charge is 0.355 e. The minimum Gasteiger partial charge on any atom is -0.355 e. The molecule has 0 saturated carbocycles. The molecule has 0 aliphatic heterocycles. The molecule has 0 spiro atoms. The SMILES string of the molecule is C=C/C=C(\C=C(/C)c1ccccc1Nc1ccccc1)c1ccc2c(c1)c1ccccc1n2Sn1ccc(C)c1. The summed E-state index contributed by atoms with van der Waals surface area (Å²) in [5, 5.41) is 6.05. The predicted octanol–water partition coefficient (Wildman–Crippen LogP) is 10.3. The van der Waals surface area contributed by atoms with Gasteiger partial charge in [0, 0.05) is 40.1 Å². The van der Waals surface area contributed by atoms with Crippen molar-refractivity contribution in [1.82, 2.24) is 7.94 Å². The number of aryl methyl sites for hydroxylation is 1. The van der Waals surface area contributed by atoms with Crippen molar-refractivity contribution in [3.05, 3.63) is 157 Å². The number of anilines is 2. The van der Waals surface area contributed by atoms with E-state index in [-0.39, 0.29) is 0 Å². The molecular formula is C36H31N3S. The first kappa shape index (κ1) is 25.6. The first-order chi connectivity index (χ1) is 19.6. The van der Waals surface area contributed by atoms with Gasteiger partial charge in [-0.05, 0) is 78.6 Å². The molecule has 2 aromatic heterocycles. The Morgan fingerprint density at radius 3 is 2.38 bits per heavy atom. The summed E-state index contributed by atoms with van der Waals surface area (Å²) in [6, 6.07) is 36.3. The number of hydrogen-bond donors (Lipinski definition) is 1. The topological polar surface area (TPSA) is 21.9 Å². The lowest BCUT2D eigenvalue weighted by molar-refractivity contribution is 1.23. The monoisotopic (exact) mass is 537 g/mol. The maximum atomic E-state index is 4.02. The van der Waals surface area contributed by atoms with Crippen LogP contribution in [0.15, 0.2) is 140 Å². The molecule has 1 N–H and O–H groups in total. The summed E-state index contributed by atoms with van der Waals surface area (Å²) in [6.45, 7) is 8.30. The third kappa shape index (κ3) is 5.14. The molecule has 0 amide bonds. The van der Waals surface area contributed by atoms with Crippen LogP contribution >= 0.6 is 12.1 Å². The second kappa shape index (κ2) is 11.2. The molecule has 0 aliphatic carbocycles. The maximum absolute atomic E-state index is 4.02. The van der Waals surface area contributed by atoms with E-state index in [0.29, 0.717) is 0 Å². The van der Waals surface area contributed by atoms with Crippen molar-refractivity contribution < 1.29 is 0 Å². The van der Waals surface area contributed by atoms with Gasteiger partial charge in [0.05, 0.1) is 23.2 Å². The van der Waals surface area contributed by atoms with Crippen molar-refractivity contribution in [3.63, 3.8) is 0 Å². The zero-order chi connectivity index (χ0) is 27.5. The second-order valence-corrected chi connectivity index (χ2v) is 10.8. The summed E-state index contributed by atoms with van der Waals surface area (Å²) in [4.78, 5) is 0. The molecule has 4 heteroatoms. The van der Waals surface area contributed by atoms with Gasteiger partial charge in [0.25, 0.3) is 0 Å². The van der Waals surface area contributed by atoms with Crippen LogP contribution in [0.4, 0.5) is 11.4 Å². The normalized spacial score (nSPS) is 12.2. The average molecular weight is 538 g/mol. The highest BCUT2D eigenvalue weighted by Crippen LogP contribution is 2.36. The molecule has 0 fully saturated rings. The Morgan fingerprint density at radius 2 is 1.57 bits per heavy atom. The molecule has 6 aromatic rings. The Kier molecular flexibility index (Phi) is 7.17. The van der Waals surface area contributed by atoms with Crippen LogP contribution < -0.4 is 5.32 Å². The minimum absolute atomic E-state index is 1.07. The number of allylic oxidation sites excluding steroid dienone is 5. The molecular weight excluding hydrogens is 506 g/mol. The number of para-hydroxylation sites is 3. The fourth-order valence-corrected chi connectivity index (χ4v) is 6.12. The molecule has 0 aliphatic rings. The lowest BCUT2D eigenvalue weighted by atomic mass is 9.97. The summed E-state index contributed by atoms with van der Waals surface area (Å²) < 4.78 is 4.47. The van der Waals surface area contributed by atoms with Crippen LogP contribution in [0.3, 0.4) is 0 Å². The quantitative estimate of drug-likeness (QED) is 0.195. The fraction of sp³-hybridized carbons (Fsp3) is 0.0556. The number of rotatable bonds is 8. The Balaban J connectivity index is 1.41. The zero-order valence-corrected chi connectivity index (χ0v) is 23.5. The Bertz CT molecular complexity index is 1890. The van der Waals surface area contributed by atoms with Crippen molar-refractivity contribution in [2.24, 2.45) is 0 Å². The van der Waals surface area contributed by atoms with E-state index in [1.165, 1.54) is 32.9 Å². The van der Waals surface area contributed by atoms with Crippen LogP contribution in [0.25, 0.3) is 33.0 Å². The van der Waals surface area contributed by atoms with Crippen molar-refractivity contribution >= 4 is 56.5 Å². The molecule has 196 valence electrons. The Morgan fingerprint density at radius 1 is 0.825 bits per heavy atom. The van der Waals surface area contributed by atoms with Gasteiger partial charge in [-0.25, -0.2) is 0 Å². The lowest BCUT2D eigenvalue weighted by Crippen LogP contribution is -1.95. The van der Waals surface area contributed by atoms with Gasteiger partial charge in [-0.3, -0.25) is 7.94 Å². The summed E-state index contributed by atoms with van der Waals surface area (Å²) in [5.41, 5.74) is 10.4. The lowest BCUT2D eigenvalue weighted by Gasteiger charge is -2.14. The maximum Gasteiger partial charge on any atom is 0.0805 e. The summed E-state index contributed by atoms with van der Waals surface area (Å²) in [5.74, 6) is 0. The summed E-state index contributed by atoms with van der Waals surface area (Å²) in [7, 11) is 0. The first-order valence-corrected chi connectivity index (χ1v) is 14.1. The van der Waals surface area contributed by atoms with Crippen LogP contribution in [-0.2, 0) is 0 Å². The molecule has 0 atom stereocenters. The van der Waals surface area contributed by atoms with E-state index < -0.39 is 0 Å². The molecule has 0 saturated heterocycles. The van der Waals surface area contributed by atoms with Gasteiger partial charge in [-0.2, -0.15) is 0 Å². The third-order valence-electron chi connectivity index (χ3n) is 7.03. The van der Waals surface area contributed by atoms with E-state index in [9.17, 15) is 0 Å². The summed E-state index contributed by atoms with van der Waals surface area (Å²) in [6.07, 6.45) is 10.5. The standard InChI is InChI=1S/C36H31N3S/c1-4-12-28(23-27(3)31-15-8-10-17-34(31)37-30-13-6-5-7-14-30)29-19-20-36-33(24-29)32-16-9-11-18-35(32)39(36)40-38-22-21-26(2)25-38/h4-25,37H,1H2,2-3H3/b27-23+,28-12+. The van der Waals surface area contributed by atoms with Crippen molar-refractivity contribution in [3.8, 4) is 0 Å². The smallest absolute Gasteiger partial charge is 0.0805 e. The molecule has 40 heavy (non-hydrogen) atoms. The molecule has 4 aromatic carbocycles. The Hall–Kier alpha value is -4.67. The van der Waals surface area contributed by atoms with Crippen molar-refractivity contribution in [2.75, 3.05) is 5.32 Å². The van der Waals surface area contributed by atoms with Gasteiger partial charge in [0.1, 0.15) is 0 Å². The van der Waals surface area contributed by atoms with Crippen LogP contribution in [0.5, 0.6) is 0 Å². The Labute approximate surface area is 240 Å². The van der Waals surface area contributed by atoms with E-state index in [1.54, 1.807) is 12.1 Å². The number of fused-ring (bicyclic) bond motifs is 3. The molecule has 2 heterocycles. The van der Waals surface area contributed by atoms with Crippen LogP contribution in [0.2, 0.25) is 0 Å². The molecule has 6 rings (SSSR count). The highest BCUT2D eigenvalue weighted by atomic mass is 32.2.